The molecule has 23 heavy (non-hydrogen) atoms. The van der Waals surface area contributed by atoms with Crippen LogP contribution in [-0.2, 0) is 0 Å². The number of hydrogen-bond acceptors (Lipinski definition) is 1. The maximum atomic E-state index is 13.3. The van der Waals surface area contributed by atoms with Crippen LogP contribution in [-0.4, -0.2) is 24.5 Å². The fourth-order valence-corrected chi connectivity index (χ4v) is 3.54. The van der Waals surface area contributed by atoms with Gasteiger partial charge in [-0.05, 0) is 74.3 Å². The second-order valence-corrected chi connectivity index (χ2v) is 6.78. The molecule has 1 atom stereocenters. The van der Waals surface area contributed by atoms with Crippen molar-refractivity contribution in [3.8, 4) is 0 Å². The lowest BCUT2D eigenvalue weighted by Crippen LogP contribution is -2.31. The Morgan fingerprint density at radius 3 is 2.04 bits per heavy atom. The van der Waals surface area contributed by atoms with E-state index in [0.29, 0.717) is 0 Å². The molecule has 1 heterocycles. The molecule has 0 bridgehead atoms. The van der Waals surface area contributed by atoms with Crippen LogP contribution in [0.25, 0.3) is 0 Å². The molecule has 1 saturated heterocycles. The van der Waals surface area contributed by atoms with Gasteiger partial charge in [0.25, 0.3) is 0 Å². The molecule has 0 unspecified atom stereocenters. The Kier molecular flexibility index (Phi) is 5.69. The predicted molar refractivity (Wildman–Crippen MR) is 94.6 cm³/mol. The highest BCUT2D eigenvalue weighted by molar-refractivity contribution is 6.30. The lowest BCUT2D eigenvalue weighted by atomic mass is 9.88. The second-order valence-electron chi connectivity index (χ2n) is 6.35. The highest BCUT2D eigenvalue weighted by Gasteiger charge is 2.17. The Morgan fingerprint density at radius 1 is 0.870 bits per heavy atom. The molecule has 2 aromatic carbocycles. The SMILES string of the molecule is Fc1ccc([C@H](CCN2CCCCC2)c2ccc(Cl)cc2)cc1. The number of hydrogen-bond donors (Lipinski definition) is 0. The van der Waals surface area contributed by atoms with Crippen molar-refractivity contribution >= 4 is 11.6 Å². The van der Waals surface area contributed by atoms with Crippen LogP contribution < -0.4 is 0 Å². The van der Waals surface area contributed by atoms with Crippen LogP contribution in [0, 0.1) is 5.82 Å². The lowest BCUT2D eigenvalue weighted by molar-refractivity contribution is 0.223. The molecule has 0 amide bonds. The summed E-state index contributed by atoms with van der Waals surface area (Å²) in [5.41, 5.74) is 2.42. The number of piperidine rings is 1. The van der Waals surface area contributed by atoms with Crippen molar-refractivity contribution in [2.45, 2.75) is 31.6 Å². The van der Waals surface area contributed by atoms with Crippen molar-refractivity contribution < 1.29 is 4.39 Å². The molecule has 3 heteroatoms. The van der Waals surface area contributed by atoms with Gasteiger partial charge in [0.2, 0.25) is 0 Å². The fraction of sp³-hybridized carbons (Fsp3) is 0.400. The monoisotopic (exact) mass is 331 g/mol. The zero-order chi connectivity index (χ0) is 16.1. The molecule has 0 aliphatic carbocycles. The number of likely N-dealkylation sites (tertiary alicyclic amines) is 1. The smallest absolute Gasteiger partial charge is 0.123 e. The molecule has 0 N–H and O–H groups in total. The molecule has 1 nitrogen and oxygen atoms in total. The van der Waals surface area contributed by atoms with Gasteiger partial charge < -0.3 is 4.90 Å². The minimum absolute atomic E-state index is 0.181. The Bertz CT molecular complexity index is 557. The van der Waals surface area contributed by atoms with Crippen molar-refractivity contribution in [2.24, 2.45) is 0 Å². The quantitative estimate of drug-likeness (QED) is 0.700. The molecule has 0 radical (unpaired) electrons. The van der Waals surface area contributed by atoms with E-state index >= 15 is 0 Å². The van der Waals surface area contributed by atoms with E-state index in [2.05, 4.69) is 17.0 Å². The Labute approximate surface area is 143 Å². The second kappa shape index (κ2) is 7.94. The van der Waals surface area contributed by atoms with Gasteiger partial charge in [0.1, 0.15) is 5.82 Å². The molecule has 3 rings (SSSR count). The van der Waals surface area contributed by atoms with Crippen molar-refractivity contribution in [3.05, 3.63) is 70.5 Å². The normalized spacial score (nSPS) is 17.1. The van der Waals surface area contributed by atoms with E-state index in [1.807, 2.05) is 24.3 Å². The summed E-state index contributed by atoms with van der Waals surface area (Å²) < 4.78 is 13.3. The zero-order valence-electron chi connectivity index (χ0n) is 13.3. The Morgan fingerprint density at radius 2 is 1.43 bits per heavy atom. The maximum Gasteiger partial charge on any atom is 0.123 e. The van der Waals surface area contributed by atoms with Crippen molar-refractivity contribution in [1.82, 2.24) is 4.90 Å². The molecular weight excluding hydrogens is 309 g/mol. The summed E-state index contributed by atoms with van der Waals surface area (Å²) in [6, 6.07) is 15.0. The lowest BCUT2D eigenvalue weighted by Gasteiger charge is -2.28. The summed E-state index contributed by atoms with van der Waals surface area (Å²) in [5.74, 6) is 0.106. The number of nitrogens with zero attached hydrogens (tertiary/aromatic N) is 1. The summed E-state index contributed by atoms with van der Waals surface area (Å²) in [7, 11) is 0. The topological polar surface area (TPSA) is 3.24 Å². The van der Waals surface area contributed by atoms with Crippen LogP contribution in [0.1, 0.15) is 42.7 Å². The van der Waals surface area contributed by atoms with E-state index in [1.165, 1.54) is 43.5 Å². The summed E-state index contributed by atoms with van der Waals surface area (Å²) in [6.45, 7) is 3.50. The van der Waals surface area contributed by atoms with Gasteiger partial charge in [-0.3, -0.25) is 0 Å². The first-order chi connectivity index (χ1) is 11.2. The van der Waals surface area contributed by atoms with Crippen molar-refractivity contribution in [2.75, 3.05) is 19.6 Å². The summed E-state index contributed by atoms with van der Waals surface area (Å²) in [4.78, 5) is 2.55. The molecule has 1 aliphatic rings. The summed E-state index contributed by atoms with van der Waals surface area (Å²) in [6.07, 6.45) is 5.02. The standard InChI is InChI=1S/C20H23ClFN/c21-18-8-4-16(5-9-18)20(17-6-10-19(22)11-7-17)12-15-23-13-2-1-3-14-23/h4-11,20H,1-3,12-15H2/t20-/m1/s1. The van der Waals surface area contributed by atoms with E-state index in [-0.39, 0.29) is 11.7 Å². The van der Waals surface area contributed by atoms with Crippen LogP contribution in [0.15, 0.2) is 48.5 Å². The van der Waals surface area contributed by atoms with E-state index < -0.39 is 0 Å². The molecular formula is C20H23ClFN. The molecule has 1 aliphatic heterocycles. The predicted octanol–water partition coefficient (Wildman–Crippen LogP) is 5.49. The third kappa shape index (κ3) is 4.55. The van der Waals surface area contributed by atoms with Crippen molar-refractivity contribution in [1.29, 1.82) is 0 Å². The number of halogens is 2. The van der Waals surface area contributed by atoms with Gasteiger partial charge in [-0.2, -0.15) is 0 Å². The number of benzene rings is 2. The van der Waals surface area contributed by atoms with Gasteiger partial charge >= 0.3 is 0 Å². The van der Waals surface area contributed by atoms with Gasteiger partial charge in [-0.25, -0.2) is 4.39 Å². The van der Waals surface area contributed by atoms with Crippen LogP contribution in [0.5, 0.6) is 0 Å². The molecule has 0 spiro atoms. The first-order valence-corrected chi connectivity index (χ1v) is 8.83. The Balaban J connectivity index is 1.77. The first-order valence-electron chi connectivity index (χ1n) is 8.45. The minimum Gasteiger partial charge on any atom is -0.303 e. The van der Waals surface area contributed by atoms with Gasteiger partial charge in [0, 0.05) is 10.9 Å². The van der Waals surface area contributed by atoms with Crippen LogP contribution in [0.2, 0.25) is 5.02 Å². The largest absolute Gasteiger partial charge is 0.303 e. The molecule has 2 aromatic rings. The van der Waals surface area contributed by atoms with Gasteiger partial charge in [0.05, 0.1) is 0 Å². The van der Waals surface area contributed by atoms with E-state index in [0.717, 1.165) is 18.0 Å². The third-order valence-electron chi connectivity index (χ3n) is 4.73. The maximum absolute atomic E-state index is 13.3. The first kappa shape index (κ1) is 16.5. The summed E-state index contributed by atoms with van der Waals surface area (Å²) >= 11 is 6.02. The van der Waals surface area contributed by atoms with Crippen molar-refractivity contribution in [3.63, 3.8) is 0 Å². The molecule has 0 saturated carbocycles. The van der Waals surface area contributed by atoms with Crippen LogP contribution in [0.3, 0.4) is 0 Å². The molecule has 1 fully saturated rings. The van der Waals surface area contributed by atoms with Gasteiger partial charge in [-0.15, -0.1) is 0 Å². The van der Waals surface area contributed by atoms with E-state index in [4.69, 9.17) is 11.6 Å². The zero-order valence-corrected chi connectivity index (χ0v) is 14.1. The molecule has 0 aromatic heterocycles. The molecule has 122 valence electrons. The van der Waals surface area contributed by atoms with Gasteiger partial charge in [-0.1, -0.05) is 42.3 Å². The highest BCUT2D eigenvalue weighted by Crippen LogP contribution is 2.29. The average molecular weight is 332 g/mol. The Hall–Kier alpha value is -1.38. The van der Waals surface area contributed by atoms with E-state index in [1.54, 1.807) is 12.1 Å². The summed E-state index contributed by atoms with van der Waals surface area (Å²) in [5, 5.41) is 0.752. The van der Waals surface area contributed by atoms with Crippen LogP contribution >= 0.6 is 11.6 Å². The third-order valence-corrected chi connectivity index (χ3v) is 4.98. The minimum atomic E-state index is -0.181. The highest BCUT2D eigenvalue weighted by atomic mass is 35.5. The van der Waals surface area contributed by atoms with Crippen LogP contribution in [0.4, 0.5) is 4.39 Å². The fourth-order valence-electron chi connectivity index (χ4n) is 3.41. The number of rotatable bonds is 5. The van der Waals surface area contributed by atoms with E-state index in [9.17, 15) is 4.39 Å². The average Bonchev–Trinajstić information content (AvgIpc) is 2.59. The van der Waals surface area contributed by atoms with Gasteiger partial charge in [0.15, 0.2) is 0 Å².